The Morgan fingerprint density at radius 1 is 1.03 bits per heavy atom. The van der Waals surface area contributed by atoms with E-state index >= 15 is 0 Å². The molecular formula is C23H21N3O7. The van der Waals surface area contributed by atoms with Gasteiger partial charge in [-0.15, -0.1) is 0 Å². The van der Waals surface area contributed by atoms with E-state index in [0.717, 1.165) is 7.11 Å². The lowest BCUT2D eigenvalue weighted by molar-refractivity contribution is -0.384. The van der Waals surface area contributed by atoms with Crippen LogP contribution in [0.5, 0.6) is 0 Å². The number of pyridine rings is 1. The Kier molecular flexibility index (Phi) is 7.29. The Balaban J connectivity index is 2.00. The number of hydrogen-bond donors (Lipinski definition) is 1. The second kappa shape index (κ2) is 10.3. The fourth-order valence-electron chi connectivity index (χ4n) is 3.50. The number of carbonyl (C=O) groups excluding carboxylic acids is 3. The molecule has 33 heavy (non-hydrogen) atoms. The van der Waals surface area contributed by atoms with Crippen molar-refractivity contribution in [1.29, 1.82) is 0 Å². The molecule has 0 aliphatic rings. The number of ether oxygens (including phenoxy) is 2. The molecule has 0 fully saturated rings. The van der Waals surface area contributed by atoms with Crippen molar-refractivity contribution in [2.75, 3.05) is 14.2 Å². The normalized spacial score (nSPS) is 12.4. The molecule has 3 rings (SSSR count). The average molecular weight is 451 g/mol. The van der Waals surface area contributed by atoms with Gasteiger partial charge in [0.1, 0.15) is 6.04 Å². The van der Waals surface area contributed by atoms with Crippen LogP contribution in [0.15, 0.2) is 60.8 Å². The van der Waals surface area contributed by atoms with Crippen molar-refractivity contribution >= 4 is 34.4 Å². The second-order valence-corrected chi connectivity index (χ2v) is 7.09. The van der Waals surface area contributed by atoms with E-state index in [-0.39, 0.29) is 17.7 Å². The molecule has 10 heteroatoms. The number of para-hydroxylation sites is 1. The smallest absolute Gasteiger partial charge is 0.329 e. The van der Waals surface area contributed by atoms with E-state index in [1.807, 2.05) is 0 Å². The minimum atomic E-state index is -1.27. The zero-order chi connectivity index (χ0) is 24.0. The number of non-ortho nitro benzene ring substituents is 1. The van der Waals surface area contributed by atoms with E-state index in [0.29, 0.717) is 16.5 Å². The fraction of sp³-hybridized carbons (Fsp3) is 0.217. The molecule has 0 aliphatic heterocycles. The molecule has 1 N–H and O–H groups in total. The third-order valence-electron chi connectivity index (χ3n) is 5.18. The first kappa shape index (κ1) is 23.3. The number of methoxy groups -OCH3 is 2. The fourth-order valence-corrected chi connectivity index (χ4v) is 3.50. The summed E-state index contributed by atoms with van der Waals surface area (Å²) >= 11 is 0. The zero-order valence-corrected chi connectivity index (χ0v) is 17.9. The van der Waals surface area contributed by atoms with Crippen LogP contribution in [0, 0.1) is 10.1 Å². The summed E-state index contributed by atoms with van der Waals surface area (Å²) in [7, 11) is 2.36. The molecule has 1 amide bonds. The highest BCUT2D eigenvalue weighted by Crippen LogP contribution is 2.28. The van der Waals surface area contributed by atoms with E-state index in [1.54, 1.807) is 24.3 Å². The SMILES string of the molecule is COC(=O)C[C@@H](c1ccc([N+](=O)[O-])cc1)[C@H](NC(=O)c1ccnc2ccccc12)C(=O)OC. The molecule has 2 atom stereocenters. The van der Waals surface area contributed by atoms with Gasteiger partial charge in [-0.3, -0.25) is 24.7 Å². The highest BCUT2D eigenvalue weighted by atomic mass is 16.6. The van der Waals surface area contributed by atoms with Gasteiger partial charge in [-0.2, -0.15) is 0 Å². The monoisotopic (exact) mass is 451 g/mol. The standard InChI is InChI=1S/C23H21N3O7/c1-32-20(27)13-18(14-7-9-15(10-8-14)26(30)31)21(23(29)33-2)25-22(28)17-11-12-24-19-6-4-3-5-16(17)19/h3-12,18,21H,13H2,1-2H3,(H,25,28)/t18-,21-/m0/s1. The third kappa shape index (κ3) is 5.29. The number of carbonyl (C=O) groups is 3. The van der Waals surface area contributed by atoms with Gasteiger partial charge >= 0.3 is 11.9 Å². The van der Waals surface area contributed by atoms with Gasteiger partial charge in [-0.1, -0.05) is 30.3 Å². The molecule has 0 bridgehead atoms. The maximum Gasteiger partial charge on any atom is 0.329 e. The van der Waals surface area contributed by atoms with Gasteiger partial charge in [-0.25, -0.2) is 4.79 Å². The van der Waals surface area contributed by atoms with Crippen molar-refractivity contribution in [2.24, 2.45) is 0 Å². The van der Waals surface area contributed by atoms with Crippen molar-refractivity contribution in [2.45, 2.75) is 18.4 Å². The van der Waals surface area contributed by atoms with Gasteiger partial charge in [0, 0.05) is 29.6 Å². The van der Waals surface area contributed by atoms with Crippen molar-refractivity contribution in [3.05, 3.63) is 82.0 Å². The van der Waals surface area contributed by atoms with Crippen LogP contribution >= 0.6 is 0 Å². The quantitative estimate of drug-likeness (QED) is 0.313. The summed E-state index contributed by atoms with van der Waals surface area (Å²) in [5.74, 6) is -2.88. The maximum absolute atomic E-state index is 13.2. The molecule has 10 nitrogen and oxygen atoms in total. The number of rotatable bonds is 8. The van der Waals surface area contributed by atoms with Gasteiger partial charge in [0.25, 0.3) is 11.6 Å². The number of benzene rings is 2. The van der Waals surface area contributed by atoms with Crippen molar-refractivity contribution in [1.82, 2.24) is 10.3 Å². The van der Waals surface area contributed by atoms with E-state index in [1.165, 1.54) is 43.6 Å². The molecule has 170 valence electrons. The number of nitro groups is 1. The summed E-state index contributed by atoms with van der Waals surface area (Å²) in [5.41, 5.74) is 1.15. The molecule has 0 unspecified atom stereocenters. The largest absolute Gasteiger partial charge is 0.469 e. The van der Waals surface area contributed by atoms with Crippen LogP contribution < -0.4 is 5.32 Å². The molecule has 0 saturated heterocycles. The summed E-state index contributed by atoms with van der Waals surface area (Å²) in [6.07, 6.45) is 1.21. The van der Waals surface area contributed by atoms with Gasteiger partial charge in [0.05, 0.1) is 36.6 Å². The molecular weight excluding hydrogens is 430 g/mol. The number of nitro benzene ring substituents is 1. The van der Waals surface area contributed by atoms with Crippen molar-refractivity contribution < 1.29 is 28.8 Å². The summed E-state index contributed by atoms with van der Waals surface area (Å²) in [5, 5.41) is 14.2. The first-order valence-electron chi connectivity index (χ1n) is 9.89. The first-order chi connectivity index (χ1) is 15.8. The molecule has 3 aromatic rings. The van der Waals surface area contributed by atoms with Gasteiger partial charge < -0.3 is 14.8 Å². The lowest BCUT2D eigenvalue weighted by atomic mass is 9.88. The summed E-state index contributed by atoms with van der Waals surface area (Å²) < 4.78 is 9.64. The van der Waals surface area contributed by atoms with Crippen LogP contribution in [0.2, 0.25) is 0 Å². The Morgan fingerprint density at radius 3 is 2.36 bits per heavy atom. The number of aromatic nitrogens is 1. The predicted octanol–water partition coefficient (Wildman–Crippen LogP) is 2.76. The van der Waals surface area contributed by atoms with E-state index < -0.39 is 34.7 Å². The molecule has 0 aliphatic carbocycles. The van der Waals surface area contributed by atoms with Crippen LogP contribution in [-0.4, -0.2) is 48.0 Å². The molecule has 0 spiro atoms. The number of nitrogens with one attached hydrogen (secondary N) is 1. The van der Waals surface area contributed by atoms with Crippen LogP contribution in [0.1, 0.15) is 28.3 Å². The van der Waals surface area contributed by atoms with Gasteiger partial charge in [-0.05, 0) is 17.7 Å². The van der Waals surface area contributed by atoms with Crippen molar-refractivity contribution in [3.8, 4) is 0 Å². The van der Waals surface area contributed by atoms with E-state index in [9.17, 15) is 24.5 Å². The summed E-state index contributed by atoms with van der Waals surface area (Å²) in [6, 6.07) is 12.6. The Morgan fingerprint density at radius 2 is 1.73 bits per heavy atom. The average Bonchev–Trinajstić information content (AvgIpc) is 2.84. The first-order valence-corrected chi connectivity index (χ1v) is 9.89. The minimum Gasteiger partial charge on any atom is -0.469 e. The number of nitrogens with zero attached hydrogens (tertiary/aromatic N) is 2. The van der Waals surface area contributed by atoms with Crippen molar-refractivity contribution in [3.63, 3.8) is 0 Å². The second-order valence-electron chi connectivity index (χ2n) is 7.09. The topological polar surface area (TPSA) is 138 Å². The van der Waals surface area contributed by atoms with Gasteiger partial charge in [0.2, 0.25) is 0 Å². The lowest BCUT2D eigenvalue weighted by Crippen LogP contribution is -2.46. The number of esters is 2. The van der Waals surface area contributed by atoms with Crippen LogP contribution in [-0.2, 0) is 19.1 Å². The number of hydrogen-bond acceptors (Lipinski definition) is 8. The lowest BCUT2D eigenvalue weighted by Gasteiger charge is -2.26. The number of amides is 1. The van der Waals surface area contributed by atoms with E-state index in [2.05, 4.69) is 10.3 Å². The van der Waals surface area contributed by atoms with Crippen LogP contribution in [0.3, 0.4) is 0 Å². The predicted molar refractivity (Wildman–Crippen MR) is 117 cm³/mol. The third-order valence-corrected chi connectivity index (χ3v) is 5.18. The molecule has 1 aromatic heterocycles. The zero-order valence-electron chi connectivity index (χ0n) is 17.9. The maximum atomic E-state index is 13.2. The molecule has 0 saturated carbocycles. The highest BCUT2D eigenvalue weighted by molar-refractivity contribution is 6.07. The Labute approximate surface area is 188 Å². The molecule has 2 aromatic carbocycles. The number of fused-ring (bicyclic) bond motifs is 1. The summed E-state index contributed by atoms with van der Waals surface area (Å²) in [4.78, 5) is 52.6. The summed E-state index contributed by atoms with van der Waals surface area (Å²) in [6.45, 7) is 0. The molecule has 0 radical (unpaired) electrons. The van der Waals surface area contributed by atoms with Crippen LogP contribution in [0.4, 0.5) is 5.69 Å². The Hall–Kier alpha value is -4.34. The minimum absolute atomic E-state index is 0.155. The van der Waals surface area contributed by atoms with E-state index in [4.69, 9.17) is 9.47 Å². The highest BCUT2D eigenvalue weighted by Gasteiger charge is 2.34. The van der Waals surface area contributed by atoms with Gasteiger partial charge in [0.15, 0.2) is 0 Å². The van der Waals surface area contributed by atoms with Crippen LogP contribution in [0.25, 0.3) is 10.9 Å². The molecule has 1 heterocycles. The Bertz CT molecular complexity index is 1190.